The Morgan fingerprint density at radius 2 is 2.62 bits per heavy atom. The molecule has 0 bridgehead atoms. The number of likely N-dealkylation sites (N-methyl/N-ethyl adjacent to an activating group) is 1. The zero-order valence-electron chi connectivity index (χ0n) is 7.86. The van der Waals surface area contributed by atoms with Gasteiger partial charge in [-0.05, 0) is 26.4 Å². The van der Waals surface area contributed by atoms with Crippen molar-refractivity contribution in [1.82, 2.24) is 14.9 Å². The fourth-order valence-corrected chi connectivity index (χ4v) is 1.69. The van der Waals surface area contributed by atoms with Gasteiger partial charge in [0.15, 0.2) is 0 Å². The zero-order chi connectivity index (χ0) is 9.10. The van der Waals surface area contributed by atoms with Crippen LogP contribution in [0.3, 0.4) is 0 Å². The van der Waals surface area contributed by atoms with Crippen LogP contribution in [-0.4, -0.2) is 41.1 Å². The van der Waals surface area contributed by atoms with Gasteiger partial charge >= 0.3 is 0 Å². The second kappa shape index (κ2) is 3.79. The lowest BCUT2D eigenvalue weighted by atomic mass is 10.1. The third-order valence-electron chi connectivity index (χ3n) is 2.33. The molecule has 4 heteroatoms. The summed E-state index contributed by atoms with van der Waals surface area (Å²) in [6.45, 7) is 2.18. The van der Waals surface area contributed by atoms with Crippen molar-refractivity contribution in [2.75, 3.05) is 20.1 Å². The number of hydrogen-bond donors (Lipinski definition) is 1. The number of likely N-dealkylation sites (tertiary alicyclic amines) is 1. The topological polar surface area (TPSA) is 41.1 Å². The molecule has 13 heavy (non-hydrogen) atoms. The van der Waals surface area contributed by atoms with Gasteiger partial charge < -0.3 is 14.6 Å². The van der Waals surface area contributed by atoms with Crippen molar-refractivity contribution < 1.29 is 4.74 Å². The Labute approximate surface area is 77.9 Å². The molecule has 0 amide bonds. The van der Waals surface area contributed by atoms with E-state index in [1.54, 1.807) is 12.4 Å². The summed E-state index contributed by atoms with van der Waals surface area (Å²) in [5.41, 5.74) is 0. The van der Waals surface area contributed by atoms with Crippen molar-refractivity contribution in [2.24, 2.45) is 0 Å². The second-order valence-electron chi connectivity index (χ2n) is 3.54. The first-order valence-electron chi connectivity index (χ1n) is 4.69. The highest BCUT2D eigenvalue weighted by Gasteiger charge is 2.18. The number of hydrogen-bond acceptors (Lipinski definition) is 3. The van der Waals surface area contributed by atoms with E-state index >= 15 is 0 Å². The van der Waals surface area contributed by atoms with Gasteiger partial charge in [-0.25, -0.2) is 4.98 Å². The molecule has 2 heterocycles. The quantitative estimate of drug-likeness (QED) is 0.736. The van der Waals surface area contributed by atoms with Crippen LogP contribution in [0.15, 0.2) is 12.4 Å². The molecule has 72 valence electrons. The smallest absolute Gasteiger partial charge is 0.293 e. The number of rotatable bonds is 2. The highest BCUT2D eigenvalue weighted by Crippen LogP contribution is 2.13. The predicted molar refractivity (Wildman–Crippen MR) is 49.7 cm³/mol. The van der Waals surface area contributed by atoms with Gasteiger partial charge in [0.25, 0.3) is 6.01 Å². The lowest BCUT2D eigenvalue weighted by Gasteiger charge is -2.28. The highest BCUT2D eigenvalue weighted by atomic mass is 16.5. The van der Waals surface area contributed by atoms with E-state index in [4.69, 9.17) is 4.74 Å². The molecule has 1 unspecified atom stereocenters. The number of imidazole rings is 1. The van der Waals surface area contributed by atoms with Crippen molar-refractivity contribution in [3.05, 3.63) is 12.4 Å². The van der Waals surface area contributed by atoms with E-state index in [0.717, 1.165) is 13.0 Å². The van der Waals surface area contributed by atoms with Crippen molar-refractivity contribution in [1.29, 1.82) is 0 Å². The zero-order valence-corrected chi connectivity index (χ0v) is 7.86. The molecule has 1 saturated heterocycles. The summed E-state index contributed by atoms with van der Waals surface area (Å²) in [6, 6.07) is 0.639. The summed E-state index contributed by atoms with van der Waals surface area (Å²) in [4.78, 5) is 9.28. The van der Waals surface area contributed by atoms with Gasteiger partial charge in [0.1, 0.15) is 6.10 Å². The molecule has 1 N–H and O–H groups in total. The third kappa shape index (κ3) is 2.21. The summed E-state index contributed by atoms with van der Waals surface area (Å²) < 4.78 is 5.66. The second-order valence-corrected chi connectivity index (χ2v) is 3.54. The Kier molecular flexibility index (Phi) is 2.49. The number of nitrogens with zero attached hydrogens (tertiary/aromatic N) is 2. The molecule has 1 aromatic heterocycles. The summed E-state index contributed by atoms with van der Waals surface area (Å²) >= 11 is 0. The maximum absolute atomic E-state index is 5.66. The standard InChI is InChI=1S/C9H15N3O/c1-12-6-2-3-8(7-12)13-9-10-4-5-11-9/h4-5,8H,2-3,6-7H2,1H3,(H,10,11). The lowest BCUT2D eigenvalue weighted by molar-refractivity contribution is 0.0964. The molecule has 1 aliphatic heterocycles. The maximum Gasteiger partial charge on any atom is 0.293 e. The van der Waals surface area contributed by atoms with Crippen LogP contribution >= 0.6 is 0 Å². The van der Waals surface area contributed by atoms with Crippen LogP contribution < -0.4 is 4.74 Å². The summed E-state index contributed by atoms with van der Waals surface area (Å²) in [5.74, 6) is 0. The first-order valence-corrected chi connectivity index (χ1v) is 4.69. The van der Waals surface area contributed by atoms with Crippen molar-refractivity contribution in [3.63, 3.8) is 0 Å². The molecule has 0 spiro atoms. The van der Waals surface area contributed by atoms with Crippen molar-refractivity contribution in [2.45, 2.75) is 18.9 Å². The van der Waals surface area contributed by atoms with E-state index in [1.807, 2.05) is 0 Å². The van der Waals surface area contributed by atoms with E-state index in [-0.39, 0.29) is 0 Å². The monoisotopic (exact) mass is 181 g/mol. The van der Waals surface area contributed by atoms with E-state index in [0.29, 0.717) is 12.1 Å². The van der Waals surface area contributed by atoms with Crippen molar-refractivity contribution in [3.8, 4) is 6.01 Å². The molecule has 1 aliphatic rings. The molecule has 4 nitrogen and oxygen atoms in total. The first-order chi connectivity index (χ1) is 6.34. The Morgan fingerprint density at radius 1 is 1.69 bits per heavy atom. The Bertz CT molecular complexity index is 247. The number of piperidine rings is 1. The number of aromatic nitrogens is 2. The minimum absolute atomic E-state index is 0.296. The molecule has 0 saturated carbocycles. The van der Waals surface area contributed by atoms with Gasteiger partial charge in [-0.2, -0.15) is 0 Å². The number of ether oxygens (including phenoxy) is 1. The average Bonchev–Trinajstić information content (AvgIpc) is 2.57. The maximum atomic E-state index is 5.66. The first kappa shape index (κ1) is 8.56. The van der Waals surface area contributed by atoms with Crippen LogP contribution in [0.1, 0.15) is 12.8 Å². The minimum atomic E-state index is 0.296. The van der Waals surface area contributed by atoms with E-state index in [1.165, 1.54) is 13.0 Å². The van der Waals surface area contributed by atoms with Crippen LogP contribution in [0.2, 0.25) is 0 Å². The lowest BCUT2D eigenvalue weighted by Crippen LogP contribution is -2.38. The van der Waals surface area contributed by atoms with Crippen LogP contribution in [0.25, 0.3) is 0 Å². The molecule has 1 atom stereocenters. The van der Waals surface area contributed by atoms with Crippen LogP contribution in [0.5, 0.6) is 6.01 Å². The van der Waals surface area contributed by atoms with Crippen LogP contribution in [-0.2, 0) is 0 Å². The summed E-state index contributed by atoms with van der Waals surface area (Å²) in [7, 11) is 2.12. The minimum Gasteiger partial charge on any atom is -0.460 e. The number of nitrogens with one attached hydrogen (secondary N) is 1. The Morgan fingerprint density at radius 3 is 3.31 bits per heavy atom. The summed E-state index contributed by atoms with van der Waals surface area (Å²) in [6.07, 6.45) is 6.13. The molecule has 1 aromatic rings. The summed E-state index contributed by atoms with van der Waals surface area (Å²) in [5, 5.41) is 0. The molecule has 1 fully saturated rings. The SMILES string of the molecule is CN1CCCC(Oc2ncc[nH]2)C1. The van der Waals surface area contributed by atoms with Gasteiger partial charge in [0.2, 0.25) is 0 Å². The molecule has 2 rings (SSSR count). The van der Waals surface area contributed by atoms with E-state index in [9.17, 15) is 0 Å². The molecular formula is C9H15N3O. The van der Waals surface area contributed by atoms with E-state index in [2.05, 4.69) is 21.9 Å². The van der Waals surface area contributed by atoms with Crippen LogP contribution in [0.4, 0.5) is 0 Å². The van der Waals surface area contributed by atoms with Gasteiger partial charge in [0.05, 0.1) is 0 Å². The highest BCUT2D eigenvalue weighted by molar-refractivity contribution is 4.94. The fourth-order valence-electron chi connectivity index (χ4n) is 1.69. The Hall–Kier alpha value is -1.03. The van der Waals surface area contributed by atoms with Gasteiger partial charge in [-0.1, -0.05) is 0 Å². The van der Waals surface area contributed by atoms with Gasteiger partial charge in [-0.3, -0.25) is 0 Å². The number of H-pyrrole nitrogens is 1. The third-order valence-corrected chi connectivity index (χ3v) is 2.33. The van der Waals surface area contributed by atoms with Crippen LogP contribution in [0, 0.1) is 0 Å². The number of aromatic amines is 1. The normalized spacial score (nSPS) is 24.5. The molecule has 0 radical (unpaired) electrons. The van der Waals surface area contributed by atoms with Gasteiger partial charge in [0, 0.05) is 18.9 Å². The van der Waals surface area contributed by atoms with E-state index < -0.39 is 0 Å². The molecule has 0 aromatic carbocycles. The van der Waals surface area contributed by atoms with Gasteiger partial charge in [-0.15, -0.1) is 0 Å². The molecular weight excluding hydrogens is 166 g/mol. The predicted octanol–water partition coefficient (Wildman–Crippen LogP) is 0.883. The fraction of sp³-hybridized carbons (Fsp3) is 0.667. The average molecular weight is 181 g/mol. The molecule has 0 aliphatic carbocycles. The Balaban J connectivity index is 1.87. The largest absolute Gasteiger partial charge is 0.460 e. The van der Waals surface area contributed by atoms with Crippen molar-refractivity contribution >= 4 is 0 Å².